The Kier molecular flexibility index (Phi) is 4.30. The largest absolute Gasteiger partial charge is 0.440 e. The molecule has 1 aliphatic heterocycles. The second-order valence-corrected chi connectivity index (χ2v) is 8.02. The predicted molar refractivity (Wildman–Crippen MR) is 106 cm³/mol. The number of rotatable bonds is 4. The van der Waals surface area contributed by atoms with Gasteiger partial charge in [-0.1, -0.05) is 18.2 Å². The zero-order valence-corrected chi connectivity index (χ0v) is 16.0. The van der Waals surface area contributed by atoms with Gasteiger partial charge in [-0.25, -0.2) is 9.97 Å². The molecule has 4 aromatic rings. The van der Waals surface area contributed by atoms with Crippen molar-refractivity contribution in [1.29, 1.82) is 0 Å². The van der Waals surface area contributed by atoms with Gasteiger partial charge in [-0.2, -0.15) is 0 Å². The second-order valence-electron chi connectivity index (χ2n) is 7.07. The summed E-state index contributed by atoms with van der Waals surface area (Å²) in [6.45, 7) is 4.87. The molecule has 0 amide bonds. The fourth-order valence-electron chi connectivity index (χ4n) is 3.69. The van der Waals surface area contributed by atoms with Crippen molar-refractivity contribution < 1.29 is 8.83 Å². The van der Waals surface area contributed by atoms with E-state index in [9.17, 15) is 0 Å². The Balaban J connectivity index is 1.24. The molecule has 27 heavy (non-hydrogen) atoms. The lowest BCUT2D eigenvalue weighted by molar-refractivity contribution is 0.191. The van der Waals surface area contributed by atoms with Crippen molar-refractivity contribution in [3.05, 3.63) is 59.1 Å². The minimum atomic E-state index is 0.397. The predicted octanol–water partition coefficient (Wildman–Crippen LogP) is 5.23. The average molecular weight is 379 g/mol. The molecule has 1 aliphatic rings. The van der Waals surface area contributed by atoms with Crippen molar-refractivity contribution >= 4 is 22.4 Å². The smallest absolute Gasteiger partial charge is 0.236 e. The van der Waals surface area contributed by atoms with Gasteiger partial charge in [0, 0.05) is 12.5 Å². The van der Waals surface area contributed by atoms with Gasteiger partial charge in [0.15, 0.2) is 11.5 Å². The highest BCUT2D eigenvalue weighted by molar-refractivity contribution is 7.13. The molecule has 1 fully saturated rings. The van der Waals surface area contributed by atoms with Gasteiger partial charge < -0.3 is 8.83 Å². The molecular weight excluding hydrogens is 358 g/mol. The molecule has 0 bridgehead atoms. The number of benzene rings is 1. The van der Waals surface area contributed by atoms with Crippen LogP contribution in [0.5, 0.6) is 0 Å². The van der Waals surface area contributed by atoms with Crippen LogP contribution in [0, 0.1) is 6.92 Å². The molecule has 0 spiro atoms. The van der Waals surface area contributed by atoms with Gasteiger partial charge >= 0.3 is 0 Å². The van der Waals surface area contributed by atoms with E-state index in [1.807, 2.05) is 48.7 Å². The summed E-state index contributed by atoms with van der Waals surface area (Å²) in [6, 6.07) is 12.1. The van der Waals surface area contributed by atoms with E-state index in [1.54, 1.807) is 11.3 Å². The maximum absolute atomic E-state index is 5.97. The van der Waals surface area contributed by atoms with E-state index >= 15 is 0 Å². The molecule has 0 atom stereocenters. The third kappa shape index (κ3) is 3.31. The molecule has 4 heterocycles. The van der Waals surface area contributed by atoms with E-state index in [1.165, 1.54) is 0 Å². The topological polar surface area (TPSA) is 55.3 Å². The van der Waals surface area contributed by atoms with Crippen LogP contribution in [-0.4, -0.2) is 28.0 Å². The van der Waals surface area contributed by atoms with Crippen LogP contribution >= 0.6 is 11.3 Å². The van der Waals surface area contributed by atoms with E-state index in [0.29, 0.717) is 5.92 Å². The zero-order chi connectivity index (χ0) is 18.2. The summed E-state index contributed by atoms with van der Waals surface area (Å²) in [5, 5.41) is 2.05. The van der Waals surface area contributed by atoms with Gasteiger partial charge in [-0.05, 0) is 56.4 Å². The number of hydrogen-bond donors (Lipinski definition) is 0. The molecule has 0 N–H and O–H groups in total. The van der Waals surface area contributed by atoms with E-state index in [-0.39, 0.29) is 0 Å². The molecule has 0 saturated carbocycles. The van der Waals surface area contributed by atoms with Crippen LogP contribution in [0.3, 0.4) is 0 Å². The average Bonchev–Trinajstić information content (AvgIpc) is 3.42. The van der Waals surface area contributed by atoms with Crippen molar-refractivity contribution in [3.63, 3.8) is 0 Å². The number of aromatic nitrogens is 2. The number of nitrogens with zero attached hydrogens (tertiary/aromatic N) is 3. The minimum Gasteiger partial charge on any atom is -0.440 e. The van der Waals surface area contributed by atoms with Gasteiger partial charge in [-0.15, -0.1) is 11.3 Å². The normalized spacial score (nSPS) is 16.3. The Morgan fingerprint density at radius 2 is 1.93 bits per heavy atom. The molecule has 1 aromatic carbocycles. The lowest BCUT2D eigenvalue weighted by Gasteiger charge is -2.29. The van der Waals surface area contributed by atoms with Gasteiger partial charge in [-0.3, -0.25) is 4.90 Å². The summed E-state index contributed by atoms with van der Waals surface area (Å²) >= 11 is 1.66. The highest BCUT2D eigenvalue weighted by Crippen LogP contribution is 2.31. The Morgan fingerprint density at radius 1 is 1.07 bits per heavy atom. The molecule has 0 aliphatic carbocycles. The van der Waals surface area contributed by atoms with Crippen molar-refractivity contribution in [3.8, 4) is 10.8 Å². The SMILES string of the molecule is Cc1oc(-c2cccs2)nc1CN1CCC(c2nc3ccccc3o2)CC1. The van der Waals surface area contributed by atoms with Crippen molar-refractivity contribution in [1.82, 2.24) is 14.9 Å². The number of oxazole rings is 2. The Bertz CT molecular complexity index is 1010. The molecular formula is C21H21N3O2S. The van der Waals surface area contributed by atoms with Crippen LogP contribution in [0.25, 0.3) is 21.9 Å². The lowest BCUT2D eigenvalue weighted by Crippen LogP contribution is -2.32. The molecule has 138 valence electrons. The quantitative estimate of drug-likeness (QED) is 0.486. The first kappa shape index (κ1) is 16.7. The van der Waals surface area contributed by atoms with Gasteiger partial charge in [0.25, 0.3) is 0 Å². The van der Waals surface area contributed by atoms with Crippen LogP contribution in [0.2, 0.25) is 0 Å². The fourth-order valence-corrected chi connectivity index (χ4v) is 4.34. The number of fused-ring (bicyclic) bond motifs is 1. The van der Waals surface area contributed by atoms with Crippen LogP contribution < -0.4 is 0 Å². The Hall–Kier alpha value is -2.44. The summed E-state index contributed by atoms with van der Waals surface area (Å²) in [4.78, 5) is 12.9. The summed E-state index contributed by atoms with van der Waals surface area (Å²) < 4.78 is 11.8. The van der Waals surface area contributed by atoms with Crippen LogP contribution in [-0.2, 0) is 6.54 Å². The number of hydrogen-bond acceptors (Lipinski definition) is 6. The summed E-state index contributed by atoms with van der Waals surface area (Å²) in [5.41, 5.74) is 2.88. The molecule has 0 unspecified atom stereocenters. The third-order valence-corrected chi connectivity index (χ3v) is 6.10. The monoisotopic (exact) mass is 379 g/mol. The number of aryl methyl sites for hydroxylation is 1. The number of piperidine rings is 1. The first-order valence-electron chi connectivity index (χ1n) is 9.34. The van der Waals surface area contributed by atoms with Crippen LogP contribution in [0.1, 0.15) is 36.1 Å². The number of likely N-dealkylation sites (tertiary alicyclic amines) is 1. The molecule has 5 rings (SSSR count). The summed E-state index contributed by atoms with van der Waals surface area (Å²) in [7, 11) is 0. The third-order valence-electron chi connectivity index (χ3n) is 5.25. The van der Waals surface area contributed by atoms with E-state index in [4.69, 9.17) is 13.8 Å². The van der Waals surface area contributed by atoms with Crippen LogP contribution in [0.4, 0.5) is 0 Å². The summed E-state index contributed by atoms with van der Waals surface area (Å²) in [5.74, 6) is 2.93. The van der Waals surface area contributed by atoms with Crippen molar-refractivity contribution in [2.75, 3.05) is 13.1 Å². The van der Waals surface area contributed by atoms with Gasteiger partial charge in [0.05, 0.1) is 10.6 Å². The standard InChI is InChI=1S/C21H21N3O2S/c1-14-17(23-21(25-14)19-7-4-12-27-19)13-24-10-8-15(9-11-24)20-22-16-5-2-3-6-18(16)26-20/h2-7,12,15H,8-11,13H2,1H3. The first-order chi connectivity index (χ1) is 13.3. The highest BCUT2D eigenvalue weighted by atomic mass is 32.1. The van der Waals surface area contributed by atoms with Crippen LogP contribution in [0.15, 0.2) is 50.6 Å². The van der Waals surface area contributed by atoms with Gasteiger partial charge in [0.1, 0.15) is 11.3 Å². The maximum Gasteiger partial charge on any atom is 0.236 e. The maximum atomic E-state index is 5.97. The molecule has 0 radical (unpaired) electrons. The zero-order valence-electron chi connectivity index (χ0n) is 15.2. The van der Waals surface area contributed by atoms with Crippen molar-refractivity contribution in [2.24, 2.45) is 0 Å². The lowest BCUT2D eigenvalue weighted by atomic mass is 9.96. The molecule has 6 heteroatoms. The van der Waals surface area contributed by atoms with E-state index in [2.05, 4.69) is 9.88 Å². The molecule has 1 saturated heterocycles. The highest BCUT2D eigenvalue weighted by Gasteiger charge is 2.26. The van der Waals surface area contributed by atoms with E-state index < -0.39 is 0 Å². The molecule has 3 aromatic heterocycles. The Morgan fingerprint density at radius 3 is 2.70 bits per heavy atom. The first-order valence-corrected chi connectivity index (χ1v) is 10.2. The summed E-state index contributed by atoms with van der Waals surface area (Å²) in [6.07, 6.45) is 2.11. The number of thiophene rings is 1. The number of para-hydroxylation sites is 2. The minimum absolute atomic E-state index is 0.397. The molecule has 5 nitrogen and oxygen atoms in total. The Labute approximate surface area is 161 Å². The fraction of sp³-hybridized carbons (Fsp3) is 0.333. The second kappa shape index (κ2) is 6.94. The van der Waals surface area contributed by atoms with Gasteiger partial charge in [0.2, 0.25) is 5.89 Å². The van der Waals surface area contributed by atoms with Crippen molar-refractivity contribution in [2.45, 2.75) is 32.2 Å². The van der Waals surface area contributed by atoms with E-state index in [0.717, 1.165) is 71.7 Å².